The maximum absolute atomic E-state index is 11.2. The van der Waals surface area contributed by atoms with E-state index in [1.54, 1.807) is 0 Å². The largest absolute Gasteiger partial charge is 0.349 e. The average molecular weight is 392 g/mol. The van der Waals surface area contributed by atoms with Crippen molar-refractivity contribution in [2.24, 2.45) is 0 Å². The Morgan fingerprint density at radius 2 is 1.08 bits per heavy atom. The summed E-state index contributed by atoms with van der Waals surface area (Å²) in [7, 11) is -4.74. The molecule has 144 valence electrons. The Morgan fingerprint density at radius 3 is 1.29 bits per heavy atom. The zero-order valence-corrected chi connectivity index (χ0v) is 16.1. The van der Waals surface area contributed by atoms with E-state index >= 15 is 0 Å². The van der Waals surface area contributed by atoms with E-state index in [2.05, 4.69) is 0 Å². The number of rotatable bonds is 8. The van der Waals surface area contributed by atoms with Crippen molar-refractivity contribution in [3.63, 3.8) is 0 Å². The van der Waals surface area contributed by atoms with Gasteiger partial charge < -0.3 is 18.9 Å². The molecule has 1 heterocycles. The predicted octanol–water partition coefficient (Wildman–Crippen LogP) is -0.552. The fourth-order valence-electron chi connectivity index (χ4n) is 2.07. The molecule has 0 bridgehead atoms. The Kier molecular flexibility index (Phi) is 6.78. The number of hydrogen-bond acceptors (Lipinski definition) is 10. The molecule has 12 heteroatoms. The minimum absolute atomic E-state index is 0.407. The molecule has 0 amide bonds. The highest BCUT2D eigenvalue weighted by molar-refractivity contribution is 7.86. The van der Waals surface area contributed by atoms with Crippen molar-refractivity contribution in [3.05, 3.63) is 0 Å². The van der Waals surface area contributed by atoms with Crippen molar-refractivity contribution < 1.29 is 44.1 Å². The van der Waals surface area contributed by atoms with Crippen LogP contribution in [0.1, 0.15) is 13.8 Å². The third-order valence-corrected chi connectivity index (χ3v) is 4.79. The molecule has 24 heavy (non-hydrogen) atoms. The first-order valence-electron chi connectivity index (χ1n) is 6.90. The van der Waals surface area contributed by atoms with Crippen molar-refractivity contribution in [2.75, 3.05) is 39.9 Å². The van der Waals surface area contributed by atoms with Crippen LogP contribution in [-0.4, -0.2) is 80.6 Å². The van der Waals surface area contributed by atoms with Gasteiger partial charge in [0.05, 0.1) is 25.7 Å². The van der Waals surface area contributed by atoms with E-state index in [9.17, 15) is 16.8 Å². The second-order valence-corrected chi connectivity index (χ2v) is 8.88. The molecule has 0 unspecified atom stereocenters. The smallest absolute Gasteiger partial charge is 0.264 e. The summed E-state index contributed by atoms with van der Waals surface area (Å²) in [5.41, 5.74) is 0. The molecular formula is C12H24O10S2. The molecule has 0 saturated carbocycles. The maximum atomic E-state index is 11.2. The van der Waals surface area contributed by atoms with Crippen LogP contribution in [0.2, 0.25) is 0 Å². The van der Waals surface area contributed by atoms with Gasteiger partial charge in [-0.15, -0.1) is 0 Å². The minimum Gasteiger partial charge on any atom is -0.349 e. The molecule has 0 aromatic rings. The van der Waals surface area contributed by atoms with Gasteiger partial charge in [-0.2, -0.15) is 16.8 Å². The fourth-order valence-corrected chi connectivity index (χ4v) is 2.84. The van der Waals surface area contributed by atoms with Gasteiger partial charge in [-0.3, -0.25) is 8.37 Å². The van der Waals surface area contributed by atoms with Gasteiger partial charge >= 0.3 is 0 Å². The zero-order chi connectivity index (χ0) is 18.8. The van der Waals surface area contributed by atoms with Crippen molar-refractivity contribution in [1.82, 2.24) is 0 Å². The lowest BCUT2D eigenvalue weighted by Gasteiger charge is -2.51. The van der Waals surface area contributed by atoms with E-state index < -0.39 is 57.2 Å². The molecule has 0 aliphatic carbocycles. The molecule has 1 aliphatic rings. The number of methoxy groups -OCH3 is 2. The van der Waals surface area contributed by atoms with Crippen molar-refractivity contribution in [1.29, 1.82) is 0 Å². The molecule has 1 aliphatic heterocycles. The summed E-state index contributed by atoms with van der Waals surface area (Å²) in [5.74, 6) is -2.79. The molecule has 0 radical (unpaired) electrons. The van der Waals surface area contributed by atoms with Crippen molar-refractivity contribution in [3.8, 4) is 0 Å². The minimum atomic E-state index is -3.74. The van der Waals surface area contributed by atoms with E-state index in [-0.39, 0.29) is 0 Å². The lowest BCUT2D eigenvalue weighted by Crippen LogP contribution is -2.66. The van der Waals surface area contributed by atoms with Gasteiger partial charge in [-0.05, 0) is 13.8 Å². The second-order valence-electron chi connectivity index (χ2n) is 5.59. The first kappa shape index (κ1) is 21.7. The van der Waals surface area contributed by atoms with Gasteiger partial charge in [-0.25, -0.2) is 0 Å². The average Bonchev–Trinajstić information content (AvgIpc) is 2.44. The van der Waals surface area contributed by atoms with E-state index in [1.165, 1.54) is 28.1 Å². The summed E-state index contributed by atoms with van der Waals surface area (Å²) < 4.78 is 76.5. The Morgan fingerprint density at radius 1 is 0.792 bits per heavy atom. The SMILES string of the molecule is CO[C@]1(C)O[C@@H](COS(C)(=O)=O)[C@H](COS(C)(=O)=O)O[C@@]1(C)OC. The normalized spacial score (nSPS) is 35.1. The van der Waals surface area contributed by atoms with Crippen molar-refractivity contribution in [2.45, 2.75) is 37.6 Å². The highest BCUT2D eigenvalue weighted by Crippen LogP contribution is 2.39. The second kappa shape index (κ2) is 7.50. The van der Waals surface area contributed by atoms with Crippen LogP contribution in [0.15, 0.2) is 0 Å². The van der Waals surface area contributed by atoms with Crippen LogP contribution >= 0.6 is 0 Å². The van der Waals surface area contributed by atoms with Gasteiger partial charge in [0.25, 0.3) is 20.2 Å². The Labute approximate surface area is 142 Å². The first-order valence-corrected chi connectivity index (χ1v) is 10.5. The summed E-state index contributed by atoms with van der Waals surface area (Å²) in [4.78, 5) is 0. The third-order valence-electron chi connectivity index (χ3n) is 3.66. The maximum Gasteiger partial charge on any atom is 0.264 e. The molecule has 1 saturated heterocycles. The predicted molar refractivity (Wildman–Crippen MR) is 82.2 cm³/mol. The molecule has 1 rings (SSSR count). The summed E-state index contributed by atoms with van der Waals surface area (Å²) in [5, 5.41) is 0. The Hall–Kier alpha value is -0.340. The van der Waals surface area contributed by atoms with Crippen LogP contribution < -0.4 is 0 Å². The molecule has 0 aromatic heterocycles. The molecular weight excluding hydrogens is 368 g/mol. The molecule has 4 atom stereocenters. The highest BCUT2D eigenvalue weighted by Gasteiger charge is 2.57. The summed E-state index contributed by atoms with van der Waals surface area (Å²) in [6.07, 6.45) is -0.190. The number of hydrogen-bond donors (Lipinski definition) is 0. The molecule has 0 N–H and O–H groups in total. The van der Waals surface area contributed by atoms with E-state index in [0.29, 0.717) is 0 Å². The van der Waals surface area contributed by atoms with Crippen molar-refractivity contribution >= 4 is 20.2 Å². The molecule has 0 aromatic carbocycles. The van der Waals surface area contributed by atoms with E-state index in [0.717, 1.165) is 12.5 Å². The van der Waals surface area contributed by atoms with E-state index in [4.69, 9.17) is 27.3 Å². The van der Waals surface area contributed by atoms with Crippen LogP contribution in [0.3, 0.4) is 0 Å². The number of ether oxygens (including phenoxy) is 4. The molecule has 0 spiro atoms. The van der Waals surface area contributed by atoms with Gasteiger partial charge in [0.2, 0.25) is 11.6 Å². The lowest BCUT2D eigenvalue weighted by atomic mass is 10.0. The quantitative estimate of drug-likeness (QED) is 0.497. The van der Waals surface area contributed by atoms with Gasteiger partial charge in [0.1, 0.15) is 12.2 Å². The zero-order valence-electron chi connectivity index (χ0n) is 14.5. The van der Waals surface area contributed by atoms with Gasteiger partial charge in [0, 0.05) is 14.2 Å². The summed E-state index contributed by atoms with van der Waals surface area (Å²) in [6, 6.07) is 0. The van der Waals surface area contributed by atoms with Crippen LogP contribution in [0.25, 0.3) is 0 Å². The van der Waals surface area contributed by atoms with Gasteiger partial charge in [-0.1, -0.05) is 0 Å². The molecule has 1 fully saturated rings. The van der Waals surface area contributed by atoms with Crippen LogP contribution in [0.5, 0.6) is 0 Å². The standard InChI is InChI=1S/C12H24O10S2/c1-11(17-3)12(2,18-4)22-10(8-20-24(6,15)16)9(21-11)7-19-23(5,13)14/h9-10H,7-8H2,1-6H3/t9-,10-,11+,12+/m0/s1. The molecule has 10 nitrogen and oxygen atoms in total. The highest BCUT2D eigenvalue weighted by atomic mass is 32.2. The monoisotopic (exact) mass is 392 g/mol. The fraction of sp³-hybridized carbons (Fsp3) is 1.00. The van der Waals surface area contributed by atoms with Crippen LogP contribution in [-0.2, 0) is 47.5 Å². The Balaban J connectivity index is 3.04. The summed E-state index contributed by atoms with van der Waals surface area (Å²) in [6.45, 7) is 2.26. The lowest BCUT2D eigenvalue weighted by molar-refractivity contribution is -0.450. The van der Waals surface area contributed by atoms with Crippen LogP contribution in [0, 0.1) is 0 Å². The van der Waals surface area contributed by atoms with Crippen LogP contribution in [0.4, 0.5) is 0 Å². The van der Waals surface area contributed by atoms with Gasteiger partial charge in [0.15, 0.2) is 0 Å². The third kappa shape index (κ3) is 5.59. The Bertz CT molecular complexity index is 574. The first-order chi connectivity index (χ1) is 10.8. The van der Waals surface area contributed by atoms with E-state index in [1.807, 2.05) is 0 Å². The topological polar surface area (TPSA) is 124 Å². The summed E-state index contributed by atoms with van der Waals surface area (Å²) >= 11 is 0.